The fraction of sp³-hybridized carbons (Fsp3) is 0.455. The number of pyridine rings is 1. The quantitative estimate of drug-likeness (QED) is 0.411. The third-order valence-electron chi connectivity index (χ3n) is 6.97. The van der Waals surface area contributed by atoms with E-state index in [2.05, 4.69) is 10.3 Å². The second-order valence-electron chi connectivity index (χ2n) is 12.7. The Morgan fingerprint density at radius 1 is 0.841 bits per heavy atom. The van der Waals surface area contributed by atoms with Crippen LogP contribution in [-0.2, 0) is 9.47 Å². The zero-order chi connectivity index (χ0) is 32.2. The van der Waals surface area contributed by atoms with Gasteiger partial charge in [0.05, 0.1) is 7.11 Å². The standard InChI is InChI=1S/C33H41FN4O6/c1-32(2,3)43-30(40)37-14-10-21(11-15-37)24-9-8-23(18-26(24)34)29(39)36-28-19-27(42-7)25(20-35-28)22-12-16-38(17-13-22)31(41)44-33(4,5)6/h8-10,12,18-20H,11,13-17H2,1-7H3,(H,35,36,39). The van der Waals surface area contributed by atoms with Crippen LogP contribution in [-0.4, -0.2) is 77.4 Å². The van der Waals surface area contributed by atoms with E-state index in [1.165, 1.54) is 13.2 Å². The molecule has 236 valence electrons. The van der Waals surface area contributed by atoms with Gasteiger partial charge in [-0.25, -0.2) is 19.0 Å². The molecule has 1 N–H and O–H groups in total. The molecule has 1 aromatic carbocycles. The number of aromatic nitrogens is 1. The zero-order valence-corrected chi connectivity index (χ0v) is 26.5. The molecule has 0 bridgehead atoms. The molecule has 0 saturated carbocycles. The molecule has 2 aromatic rings. The lowest BCUT2D eigenvalue weighted by atomic mass is 9.97. The van der Waals surface area contributed by atoms with E-state index in [1.807, 2.05) is 47.6 Å². The van der Waals surface area contributed by atoms with Gasteiger partial charge in [-0.05, 0) is 77.7 Å². The molecule has 11 heteroatoms. The van der Waals surface area contributed by atoms with Crippen LogP contribution in [0, 0.1) is 5.82 Å². The SMILES string of the molecule is COc1cc(NC(=O)c2ccc(C3=CCN(C(=O)OC(C)(C)C)CC3)c(F)c2)ncc1C1=CCN(C(=O)OC(C)(C)C)CC1. The minimum atomic E-state index is -0.591. The number of rotatable bonds is 5. The third kappa shape index (κ3) is 8.36. The van der Waals surface area contributed by atoms with E-state index in [4.69, 9.17) is 14.2 Å². The second kappa shape index (κ2) is 13.1. The van der Waals surface area contributed by atoms with Crippen molar-refractivity contribution in [1.82, 2.24) is 14.8 Å². The molecule has 10 nitrogen and oxygen atoms in total. The van der Waals surface area contributed by atoms with Gasteiger partial charge in [0.15, 0.2) is 0 Å². The van der Waals surface area contributed by atoms with Crippen molar-refractivity contribution in [3.8, 4) is 5.75 Å². The minimum Gasteiger partial charge on any atom is -0.496 e. The monoisotopic (exact) mass is 608 g/mol. The van der Waals surface area contributed by atoms with Crippen molar-refractivity contribution in [2.24, 2.45) is 0 Å². The van der Waals surface area contributed by atoms with E-state index in [9.17, 15) is 14.4 Å². The Bertz CT molecular complexity index is 1490. The van der Waals surface area contributed by atoms with Gasteiger partial charge in [-0.1, -0.05) is 18.2 Å². The average molecular weight is 609 g/mol. The van der Waals surface area contributed by atoms with Crippen molar-refractivity contribution in [3.63, 3.8) is 0 Å². The number of benzene rings is 1. The number of anilines is 1. The number of hydrogen-bond acceptors (Lipinski definition) is 7. The van der Waals surface area contributed by atoms with Crippen molar-refractivity contribution in [2.75, 3.05) is 38.6 Å². The molecule has 0 fully saturated rings. The first-order valence-electron chi connectivity index (χ1n) is 14.6. The fourth-order valence-electron chi connectivity index (χ4n) is 4.83. The summed E-state index contributed by atoms with van der Waals surface area (Å²) >= 11 is 0. The highest BCUT2D eigenvalue weighted by Gasteiger charge is 2.26. The molecule has 0 unspecified atom stereocenters. The number of amides is 3. The summed E-state index contributed by atoms with van der Waals surface area (Å²) in [7, 11) is 1.53. The number of nitrogens with zero attached hydrogens (tertiary/aromatic N) is 3. The Hall–Kier alpha value is -4.41. The molecule has 3 heterocycles. The number of carbonyl (C=O) groups excluding carboxylic acids is 3. The summed E-state index contributed by atoms with van der Waals surface area (Å²) in [4.78, 5) is 45.3. The predicted molar refractivity (Wildman–Crippen MR) is 166 cm³/mol. The molecule has 2 aliphatic heterocycles. The lowest BCUT2D eigenvalue weighted by Crippen LogP contribution is -2.39. The van der Waals surface area contributed by atoms with Crippen LogP contribution < -0.4 is 10.1 Å². The molecule has 0 atom stereocenters. The summed E-state index contributed by atoms with van der Waals surface area (Å²) in [6.45, 7) is 12.5. The molecule has 0 aliphatic carbocycles. The van der Waals surface area contributed by atoms with Crippen LogP contribution in [0.1, 0.15) is 75.9 Å². The van der Waals surface area contributed by atoms with Crippen LogP contribution in [0.15, 0.2) is 42.6 Å². The molecule has 0 radical (unpaired) electrons. The van der Waals surface area contributed by atoms with Crippen molar-refractivity contribution in [1.29, 1.82) is 0 Å². The maximum Gasteiger partial charge on any atom is 0.410 e. The van der Waals surface area contributed by atoms with Crippen LogP contribution in [0.2, 0.25) is 0 Å². The Balaban J connectivity index is 1.40. The number of hydrogen-bond donors (Lipinski definition) is 1. The van der Waals surface area contributed by atoms with E-state index >= 15 is 4.39 Å². The molecule has 1 aromatic heterocycles. The molecule has 3 amide bonds. The van der Waals surface area contributed by atoms with Crippen molar-refractivity contribution in [2.45, 2.75) is 65.6 Å². The highest BCUT2D eigenvalue weighted by Crippen LogP contribution is 2.32. The average Bonchev–Trinajstić information content (AvgIpc) is 2.95. The minimum absolute atomic E-state index is 0.139. The number of carbonyl (C=O) groups is 3. The predicted octanol–water partition coefficient (Wildman–Crippen LogP) is 6.53. The van der Waals surface area contributed by atoms with Gasteiger partial charge in [0.2, 0.25) is 0 Å². The lowest BCUT2D eigenvalue weighted by molar-refractivity contribution is 0.0260. The normalized spacial score (nSPS) is 15.6. The number of halogens is 1. The van der Waals surface area contributed by atoms with Gasteiger partial charge in [0.1, 0.15) is 28.6 Å². The molecule has 4 rings (SSSR count). The van der Waals surface area contributed by atoms with Crippen molar-refractivity contribution in [3.05, 3.63) is 65.1 Å². The Kier molecular flexibility index (Phi) is 9.66. The fourth-order valence-corrected chi connectivity index (χ4v) is 4.83. The topological polar surface area (TPSA) is 110 Å². The first-order chi connectivity index (χ1) is 20.6. The molecule has 44 heavy (non-hydrogen) atoms. The maximum absolute atomic E-state index is 15.1. The molecule has 0 saturated heterocycles. The summed E-state index contributed by atoms with van der Waals surface area (Å²) in [6.07, 6.45) is 5.65. The van der Waals surface area contributed by atoms with Crippen LogP contribution in [0.3, 0.4) is 0 Å². The smallest absolute Gasteiger partial charge is 0.410 e. The van der Waals surface area contributed by atoms with Crippen molar-refractivity contribution < 1.29 is 33.0 Å². The number of methoxy groups -OCH3 is 1. The molecular formula is C33H41FN4O6. The Morgan fingerprint density at radius 2 is 1.39 bits per heavy atom. The summed E-state index contributed by atoms with van der Waals surface area (Å²) in [5, 5.41) is 2.71. The van der Waals surface area contributed by atoms with Crippen molar-refractivity contribution >= 4 is 35.1 Å². The Labute approximate surface area is 257 Å². The third-order valence-corrected chi connectivity index (χ3v) is 6.97. The Morgan fingerprint density at radius 3 is 1.84 bits per heavy atom. The van der Waals surface area contributed by atoms with E-state index in [-0.39, 0.29) is 17.5 Å². The summed E-state index contributed by atoms with van der Waals surface area (Å²) < 4.78 is 31.6. The number of ether oxygens (including phenoxy) is 3. The molecular weight excluding hydrogens is 567 g/mol. The highest BCUT2D eigenvalue weighted by molar-refractivity contribution is 6.04. The molecule has 2 aliphatic rings. The maximum atomic E-state index is 15.1. The first-order valence-corrected chi connectivity index (χ1v) is 14.6. The first kappa shape index (κ1) is 32.5. The van der Waals surface area contributed by atoms with Gasteiger partial charge in [0, 0.05) is 55.1 Å². The van der Waals surface area contributed by atoms with E-state index in [0.717, 1.165) is 16.7 Å². The highest BCUT2D eigenvalue weighted by atomic mass is 19.1. The van der Waals surface area contributed by atoms with Gasteiger partial charge >= 0.3 is 12.2 Å². The summed E-state index contributed by atoms with van der Waals surface area (Å²) in [6, 6.07) is 5.94. The summed E-state index contributed by atoms with van der Waals surface area (Å²) in [5.41, 5.74) is 1.86. The van der Waals surface area contributed by atoms with Crippen LogP contribution in [0.5, 0.6) is 5.75 Å². The van der Waals surface area contributed by atoms with Crippen LogP contribution in [0.25, 0.3) is 11.1 Å². The molecule has 0 spiro atoms. The van der Waals surface area contributed by atoms with E-state index in [0.29, 0.717) is 50.3 Å². The largest absolute Gasteiger partial charge is 0.496 e. The second-order valence-corrected chi connectivity index (χ2v) is 12.7. The van der Waals surface area contributed by atoms with Gasteiger partial charge in [0.25, 0.3) is 5.91 Å². The van der Waals surface area contributed by atoms with Crippen LogP contribution >= 0.6 is 0 Å². The zero-order valence-electron chi connectivity index (χ0n) is 26.5. The van der Waals surface area contributed by atoms with Crippen LogP contribution in [0.4, 0.5) is 19.8 Å². The lowest BCUT2D eigenvalue weighted by Gasteiger charge is -2.29. The van der Waals surface area contributed by atoms with Gasteiger partial charge in [-0.3, -0.25) is 4.79 Å². The number of nitrogens with one attached hydrogen (secondary N) is 1. The van der Waals surface area contributed by atoms with Gasteiger partial charge in [-0.15, -0.1) is 0 Å². The van der Waals surface area contributed by atoms with E-state index in [1.54, 1.807) is 40.3 Å². The summed E-state index contributed by atoms with van der Waals surface area (Å²) in [5.74, 6) is -0.279. The van der Waals surface area contributed by atoms with E-state index < -0.39 is 29.0 Å². The van der Waals surface area contributed by atoms with Gasteiger partial charge in [-0.2, -0.15) is 0 Å². The van der Waals surface area contributed by atoms with Gasteiger partial charge < -0.3 is 29.3 Å².